The summed E-state index contributed by atoms with van der Waals surface area (Å²) in [4.78, 5) is 12.8. The molecule has 0 amide bonds. The van der Waals surface area contributed by atoms with Crippen molar-refractivity contribution in [2.75, 3.05) is 10.6 Å². The molecule has 4 aromatic rings. The van der Waals surface area contributed by atoms with Gasteiger partial charge >= 0.3 is 0 Å². The second-order valence-electron chi connectivity index (χ2n) is 5.84. The predicted molar refractivity (Wildman–Crippen MR) is 111 cm³/mol. The van der Waals surface area contributed by atoms with Crippen LogP contribution < -0.4 is 15.8 Å². The van der Waals surface area contributed by atoms with Crippen molar-refractivity contribution < 1.29 is 12.8 Å². The first kappa shape index (κ1) is 19.5. The summed E-state index contributed by atoms with van der Waals surface area (Å²) in [7, 11) is -3.75. The molecule has 0 fully saturated rings. The first-order valence-corrected chi connectivity index (χ1v) is 10.8. The average molecular weight is 451 g/mol. The molecule has 12 heteroatoms. The largest absolute Gasteiger partial charge is 0.339 e. The maximum Gasteiger partial charge on any atom is 0.238 e. The second kappa shape index (κ2) is 7.52. The average Bonchev–Trinajstić information content (AvgIpc) is 3.08. The minimum Gasteiger partial charge on any atom is -0.339 e. The zero-order chi connectivity index (χ0) is 20.6. The summed E-state index contributed by atoms with van der Waals surface area (Å²) in [6, 6.07) is 10.2. The highest BCUT2D eigenvalue weighted by molar-refractivity contribution is 7.89. The van der Waals surface area contributed by atoms with Crippen LogP contribution in [0.15, 0.2) is 53.7 Å². The number of nitrogens with one attached hydrogen (secondary N) is 2. The Morgan fingerprint density at radius 3 is 2.45 bits per heavy atom. The van der Waals surface area contributed by atoms with Gasteiger partial charge in [0.15, 0.2) is 16.6 Å². The van der Waals surface area contributed by atoms with Crippen molar-refractivity contribution >= 4 is 65.6 Å². The SMILES string of the molecule is NS(=O)(=O)c1ccc(Nc2nc3ncnc(Nc4ccc(F)c(Cl)c4)c3s2)cc1. The zero-order valence-corrected chi connectivity index (χ0v) is 16.8. The summed E-state index contributed by atoms with van der Waals surface area (Å²) in [6.07, 6.45) is 1.36. The molecule has 0 aliphatic heterocycles. The normalized spacial score (nSPS) is 11.6. The number of primary sulfonamides is 1. The molecule has 4 rings (SSSR count). The number of hydrogen-bond acceptors (Lipinski definition) is 8. The smallest absolute Gasteiger partial charge is 0.238 e. The van der Waals surface area contributed by atoms with E-state index < -0.39 is 15.8 Å². The molecule has 0 spiro atoms. The van der Waals surface area contributed by atoms with Gasteiger partial charge in [0.1, 0.15) is 16.8 Å². The van der Waals surface area contributed by atoms with E-state index in [-0.39, 0.29) is 9.92 Å². The highest BCUT2D eigenvalue weighted by Crippen LogP contribution is 2.33. The van der Waals surface area contributed by atoms with Crippen LogP contribution in [0.2, 0.25) is 5.02 Å². The fraction of sp³-hybridized carbons (Fsp3) is 0. The molecule has 2 aromatic heterocycles. The van der Waals surface area contributed by atoms with Crippen LogP contribution in [0, 0.1) is 5.82 Å². The standard InChI is InChI=1S/C17H12ClFN6O2S2/c18-12-7-10(3-6-13(12)19)23-15-14-16(22-8-21-15)25-17(28-14)24-9-1-4-11(5-2-9)29(20,26)27/h1-8H,(H2,20,26,27)(H2,21,22,23,24,25). The van der Waals surface area contributed by atoms with Crippen LogP contribution in [-0.2, 0) is 10.0 Å². The van der Waals surface area contributed by atoms with E-state index in [2.05, 4.69) is 25.6 Å². The van der Waals surface area contributed by atoms with E-state index in [0.717, 1.165) is 0 Å². The molecule has 148 valence electrons. The Labute approximate surface area is 173 Å². The highest BCUT2D eigenvalue weighted by atomic mass is 35.5. The number of rotatable bonds is 5. The van der Waals surface area contributed by atoms with E-state index in [1.165, 1.54) is 41.9 Å². The molecule has 0 bridgehead atoms. The maximum atomic E-state index is 13.3. The molecular weight excluding hydrogens is 439 g/mol. The molecule has 0 radical (unpaired) electrons. The van der Waals surface area contributed by atoms with Crippen LogP contribution in [0.1, 0.15) is 0 Å². The highest BCUT2D eigenvalue weighted by Gasteiger charge is 2.13. The van der Waals surface area contributed by atoms with Crippen molar-refractivity contribution in [2.24, 2.45) is 5.14 Å². The lowest BCUT2D eigenvalue weighted by Gasteiger charge is -2.06. The Balaban J connectivity index is 1.61. The number of fused-ring (bicyclic) bond motifs is 1. The topological polar surface area (TPSA) is 123 Å². The molecule has 0 saturated heterocycles. The molecule has 2 aromatic carbocycles. The Morgan fingerprint density at radius 2 is 1.76 bits per heavy atom. The lowest BCUT2D eigenvalue weighted by molar-refractivity contribution is 0.598. The van der Waals surface area contributed by atoms with Gasteiger partial charge in [-0.15, -0.1) is 0 Å². The minimum atomic E-state index is -3.75. The molecule has 0 aliphatic carbocycles. The minimum absolute atomic E-state index is 0.00472. The van der Waals surface area contributed by atoms with Gasteiger partial charge in [-0.05, 0) is 42.5 Å². The molecular formula is C17H12ClFN6O2S2. The van der Waals surface area contributed by atoms with Crippen LogP contribution in [0.5, 0.6) is 0 Å². The quantitative estimate of drug-likeness (QED) is 0.419. The van der Waals surface area contributed by atoms with Crippen molar-refractivity contribution in [1.29, 1.82) is 0 Å². The van der Waals surface area contributed by atoms with Crippen LogP contribution in [0.4, 0.5) is 26.7 Å². The van der Waals surface area contributed by atoms with E-state index in [0.29, 0.717) is 32.7 Å². The van der Waals surface area contributed by atoms with Gasteiger partial charge in [-0.25, -0.2) is 27.9 Å². The van der Waals surface area contributed by atoms with Crippen molar-refractivity contribution in [3.8, 4) is 0 Å². The zero-order valence-electron chi connectivity index (χ0n) is 14.4. The number of sulfonamides is 1. The monoisotopic (exact) mass is 450 g/mol. The van der Waals surface area contributed by atoms with Crippen LogP contribution in [-0.4, -0.2) is 23.4 Å². The van der Waals surface area contributed by atoms with Crippen LogP contribution >= 0.6 is 22.9 Å². The van der Waals surface area contributed by atoms with Gasteiger partial charge in [0.05, 0.1) is 9.92 Å². The molecule has 4 N–H and O–H groups in total. The van der Waals surface area contributed by atoms with Crippen LogP contribution in [0.3, 0.4) is 0 Å². The molecule has 0 saturated carbocycles. The molecule has 2 heterocycles. The first-order chi connectivity index (χ1) is 13.8. The van der Waals surface area contributed by atoms with Gasteiger partial charge < -0.3 is 10.6 Å². The Bertz CT molecular complexity index is 1310. The van der Waals surface area contributed by atoms with Crippen LogP contribution in [0.25, 0.3) is 10.3 Å². The van der Waals surface area contributed by atoms with Gasteiger partial charge in [0, 0.05) is 11.4 Å². The fourth-order valence-corrected chi connectivity index (χ4v) is 4.04. The van der Waals surface area contributed by atoms with Gasteiger partial charge in [-0.1, -0.05) is 22.9 Å². The Morgan fingerprint density at radius 1 is 1.03 bits per heavy atom. The van der Waals surface area contributed by atoms with Crippen molar-refractivity contribution in [3.05, 3.63) is 59.6 Å². The maximum absolute atomic E-state index is 13.3. The first-order valence-electron chi connectivity index (χ1n) is 8.03. The third-order valence-electron chi connectivity index (χ3n) is 3.81. The van der Waals surface area contributed by atoms with Gasteiger partial charge in [-0.3, -0.25) is 0 Å². The third-order valence-corrected chi connectivity index (χ3v) is 5.99. The number of nitrogens with zero attached hydrogens (tertiary/aromatic N) is 3. The van der Waals surface area contributed by atoms with Gasteiger partial charge in [0.2, 0.25) is 10.0 Å². The van der Waals surface area contributed by atoms with Gasteiger partial charge in [0.25, 0.3) is 0 Å². The third kappa shape index (κ3) is 4.27. The Hall–Kier alpha value is -2.86. The number of halogens is 2. The summed E-state index contributed by atoms with van der Waals surface area (Å²) >= 11 is 7.11. The van der Waals surface area contributed by atoms with E-state index in [4.69, 9.17) is 16.7 Å². The molecule has 0 aliphatic rings. The molecule has 0 atom stereocenters. The van der Waals surface area contributed by atoms with Gasteiger partial charge in [-0.2, -0.15) is 4.98 Å². The summed E-state index contributed by atoms with van der Waals surface area (Å²) in [6.45, 7) is 0. The summed E-state index contributed by atoms with van der Waals surface area (Å²) in [5, 5.41) is 11.8. The Kier molecular flexibility index (Phi) is 5.04. The van der Waals surface area contributed by atoms with E-state index in [9.17, 15) is 12.8 Å². The van der Waals surface area contributed by atoms with Crippen molar-refractivity contribution in [3.63, 3.8) is 0 Å². The number of anilines is 4. The lowest BCUT2D eigenvalue weighted by atomic mass is 10.3. The molecule has 8 nitrogen and oxygen atoms in total. The molecule has 0 unspecified atom stereocenters. The number of benzene rings is 2. The predicted octanol–water partition coefficient (Wildman–Crippen LogP) is 4.01. The molecule has 29 heavy (non-hydrogen) atoms. The van der Waals surface area contributed by atoms with E-state index >= 15 is 0 Å². The second-order valence-corrected chi connectivity index (χ2v) is 8.81. The lowest BCUT2D eigenvalue weighted by Crippen LogP contribution is -2.11. The van der Waals surface area contributed by atoms with Crippen molar-refractivity contribution in [2.45, 2.75) is 4.90 Å². The van der Waals surface area contributed by atoms with E-state index in [1.807, 2.05) is 0 Å². The summed E-state index contributed by atoms with van der Waals surface area (Å²) in [5.41, 5.74) is 1.66. The van der Waals surface area contributed by atoms with E-state index in [1.54, 1.807) is 18.2 Å². The number of hydrogen-bond donors (Lipinski definition) is 3. The van der Waals surface area contributed by atoms with Crippen molar-refractivity contribution in [1.82, 2.24) is 15.0 Å². The summed E-state index contributed by atoms with van der Waals surface area (Å²) < 4.78 is 36.7. The number of nitrogens with two attached hydrogens (primary N) is 1. The fourth-order valence-electron chi connectivity index (χ4n) is 2.46. The summed E-state index contributed by atoms with van der Waals surface area (Å²) in [5.74, 6) is -0.0180. The number of aromatic nitrogens is 3. The number of thiazole rings is 1.